The molecule has 0 aliphatic heterocycles. The van der Waals surface area contributed by atoms with Crippen molar-refractivity contribution in [3.63, 3.8) is 0 Å². The summed E-state index contributed by atoms with van der Waals surface area (Å²) in [6, 6.07) is 21.7. The fraction of sp³-hybridized carbons (Fsp3) is 0.143. The fourth-order valence-corrected chi connectivity index (χ4v) is 3.25. The van der Waals surface area contributed by atoms with Crippen molar-refractivity contribution >= 4 is 28.1 Å². The van der Waals surface area contributed by atoms with Crippen molar-refractivity contribution in [2.24, 2.45) is 11.0 Å². The zero-order valence-electron chi connectivity index (χ0n) is 13.9. The predicted molar refractivity (Wildman–Crippen MR) is 105 cm³/mol. The van der Waals surface area contributed by atoms with Gasteiger partial charge in [-0.2, -0.15) is 5.10 Å². The number of amides is 1. The van der Waals surface area contributed by atoms with Crippen LogP contribution in [0.2, 0.25) is 0 Å². The Kier molecular flexibility index (Phi) is 4.71. The Hall–Kier alpha value is -2.66. The molecule has 1 saturated carbocycles. The first-order valence-electron chi connectivity index (χ1n) is 8.44. The Morgan fingerprint density at radius 3 is 2.62 bits per heavy atom. The second-order valence-corrected chi connectivity index (χ2v) is 7.22. The maximum Gasteiger partial charge on any atom is 0.243 e. The topological polar surface area (TPSA) is 54.6 Å². The number of carbonyl (C=O) groups is 1. The van der Waals surface area contributed by atoms with Crippen molar-refractivity contribution in [3.05, 3.63) is 82.5 Å². The van der Waals surface area contributed by atoms with Gasteiger partial charge in [-0.3, -0.25) is 4.79 Å². The summed E-state index contributed by atoms with van der Waals surface area (Å²) in [5, 5.41) is 4.03. The zero-order chi connectivity index (χ0) is 17.9. The molecule has 26 heavy (non-hydrogen) atoms. The van der Waals surface area contributed by atoms with Crippen molar-refractivity contribution in [2.45, 2.75) is 12.3 Å². The standard InChI is InChI=1S/C21H17BrN2O2/c22-16-8-6-15(7-9-16)20-11-10-17(26-20)13-23-24-21(25)19-12-18(19)14-4-2-1-3-5-14/h1-11,13,18-19H,12H2,(H,24,25)/b23-13-/t18-,19+/m1/s1. The number of rotatable bonds is 5. The number of nitrogens with zero attached hydrogens (tertiary/aromatic N) is 1. The Bertz CT molecular complexity index is 932. The molecule has 1 fully saturated rings. The van der Waals surface area contributed by atoms with E-state index in [9.17, 15) is 4.79 Å². The summed E-state index contributed by atoms with van der Waals surface area (Å²) in [5.74, 6) is 1.62. The van der Waals surface area contributed by atoms with Gasteiger partial charge in [0.15, 0.2) is 0 Å². The van der Waals surface area contributed by atoms with Crippen LogP contribution in [0.5, 0.6) is 0 Å². The van der Waals surface area contributed by atoms with Crippen LogP contribution >= 0.6 is 15.9 Å². The maximum absolute atomic E-state index is 12.2. The van der Waals surface area contributed by atoms with Crippen molar-refractivity contribution in [3.8, 4) is 11.3 Å². The van der Waals surface area contributed by atoms with Gasteiger partial charge in [0.05, 0.1) is 6.21 Å². The fourth-order valence-electron chi connectivity index (χ4n) is 2.99. The maximum atomic E-state index is 12.2. The zero-order valence-corrected chi connectivity index (χ0v) is 15.5. The van der Waals surface area contributed by atoms with E-state index in [1.165, 1.54) is 11.8 Å². The normalized spacial score (nSPS) is 18.8. The molecule has 2 atom stereocenters. The van der Waals surface area contributed by atoms with Crippen LogP contribution in [0.4, 0.5) is 0 Å². The molecule has 3 aromatic rings. The van der Waals surface area contributed by atoms with Crippen molar-refractivity contribution in [1.82, 2.24) is 5.43 Å². The third-order valence-electron chi connectivity index (χ3n) is 4.48. The Balaban J connectivity index is 1.33. The molecule has 1 heterocycles. The largest absolute Gasteiger partial charge is 0.455 e. The molecular formula is C21H17BrN2O2. The van der Waals surface area contributed by atoms with Gasteiger partial charge in [0.1, 0.15) is 11.5 Å². The summed E-state index contributed by atoms with van der Waals surface area (Å²) in [6.07, 6.45) is 2.40. The minimum atomic E-state index is -0.0465. The van der Waals surface area contributed by atoms with Crippen molar-refractivity contribution < 1.29 is 9.21 Å². The molecular weight excluding hydrogens is 392 g/mol. The number of hydrogen-bond acceptors (Lipinski definition) is 3. The third kappa shape index (κ3) is 3.78. The molecule has 0 bridgehead atoms. The van der Waals surface area contributed by atoms with Gasteiger partial charge in [0.2, 0.25) is 5.91 Å². The molecule has 1 amide bonds. The molecule has 1 aliphatic carbocycles. The van der Waals surface area contributed by atoms with Crippen LogP contribution in [-0.2, 0) is 4.79 Å². The first-order valence-corrected chi connectivity index (χ1v) is 9.23. The lowest BCUT2D eigenvalue weighted by Crippen LogP contribution is -2.20. The number of furan rings is 1. The lowest BCUT2D eigenvalue weighted by atomic mass is 10.1. The van der Waals surface area contributed by atoms with Crippen LogP contribution < -0.4 is 5.43 Å². The minimum absolute atomic E-state index is 0.00415. The lowest BCUT2D eigenvalue weighted by molar-refractivity contribution is -0.122. The van der Waals surface area contributed by atoms with Gasteiger partial charge in [-0.05, 0) is 42.2 Å². The predicted octanol–water partition coefficient (Wildman–Crippen LogP) is 4.96. The Labute approximate surface area is 160 Å². The van der Waals surface area contributed by atoms with Crippen molar-refractivity contribution in [1.29, 1.82) is 0 Å². The van der Waals surface area contributed by atoms with E-state index >= 15 is 0 Å². The van der Waals surface area contributed by atoms with Gasteiger partial charge >= 0.3 is 0 Å². The molecule has 0 saturated heterocycles. The molecule has 4 nitrogen and oxygen atoms in total. The van der Waals surface area contributed by atoms with Crippen LogP contribution in [0.1, 0.15) is 23.7 Å². The van der Waals surface area contributed by atoms with E-state index in [0.717, 1.165) is 22.2 Å². The summed E-state index contributed by atoms with van der Waals surface area (Å²) in [6.45, 7) is 0. The van der Waals surface area contributed by atoms with E-state index in [4.69, 9.17) is 4.42 Å². The van der Waals surface area contributed by atoms with Gasteiger partial charge < -0.3 is 4.42 Å². The summed E-state index contributed by atoms with van der Waals surface area (Å²) in [4.78, 5) is 12.2. The highest BCUT2D eigenvalue weighted by Crippen LogP contribution is 2.47. The summed E-state index contributed by atoms with van der Waals surface area (Å²) < 4.78 is 6.76. The second-order valence-electron chi connectivity index (χ2n) is 6.30. The quantitative estimate of drug-likeness (QED) is 0.478. The number of carbonyl (C=O) groups excluding carboxylic acids is 1. The molecule has 1 aliphatic rings. The van der Waals surface area contributed by atoms with E-state index in [1.807, 2.05) is 54.6 Å². The average Bonchev–Trinajstić information content (AvgIpc) is 3.34. The Morgan fingerprint density at radius 2 is 1.85 bits per heavy atom. The average molecular weight is 409 g/mol. The van der Waals surface area contributed by atoms with Crippen LogP contribution in [0, 0.1) is 5.92 Å². The summed E-state index contributed by atoms with van der Waals surface area (Å²) in [5.41, 5.74) is 4.81. The number of hydrazone groups is 1. The van der Waals surface area contributed by atoms with E-state index in [1.54, 1.807) is 0 Å². The second kappa shape index (κ2) is 7.30. The third-order valence-corrected chi connectivity index (χ3v) is 5.01. The Morgan fingerprint density at radius 1 is 1.08 bits per heavy atom. The highest BCUT2D eigenvalue weighted by atomic mass is 79.9. The van der Waals surface area contributed by atoms with Crippen molar-refractivity contribution in [2.75, 3.05) is 0 Å². The van der Waals surface area contributed by atoms with Gasteiger partial charge in [0.25, 0.3) is 0 Å². The van der Waals surface area contributed by atoms with Gasteiger partial charge in [-0.1, -0.05) is 58.4 Å². The number of nitrogens with one attached hydrogen (secondary N) is 1. The van der Waals surface area contributed by atoms with Crippen LogP contribution in [0.15, 0.2) is 80.7 Å². The molecule has 0 radical (unpaired) electrons. The molecule has 0 unspecified atom stereocenters. The molecule has 1 N–H and O–H groups in total. The minimum Gasteiger partial charge on any atom is -0.455 e. The number of hydrogen-bond donors (Lipinski definition) is 1. The molecule has 130 valence electrons. The summed E-state index contributed by atoms with van der Waals surface area (Å²) >= 11 is 3.41. The molecule has 2 aromatic carbocycles. The molecule has 4 rings (SSSR count). The molecule has 0 spiro atoms. The summed E-state index contributed by atoms with van der Waals surface area (Å²) in [7, 11) is 0. The first kappa shape index (κ1) is 16.8. The first-order chi connectivity index (χ1) is 12.7. The SMILES string of the molecule is O=C(N/N=C\c1ccc(-c2ccc(Br)cc2)o1)[C@H]1C[C@@H]1c1ccccc1. The number of benzene rings is 2. The molecule has 1 aromatic heterocycles. The smallest absolute Gasteiger partial charge is 0.243 e. The van der Waals surface area contributed by atoms with E-state index in [-0.39, 0.29) is 11.8 Å². The highest BCUT2D eigenvalue weighted by Gasteiger charge is 2.43. The monoisotopic (exact) mass is 408 g/mol. The van der Waals surface area contributed by atoms with Crippen LogP contribution in [0.25, 0.3) is 11.3 Å². The van der Waals surface area contributed by atoms with Gasteiger partial charge in [0, 0.05) is 16.0 Å². The van der Waals surface area contributed by atoms with Gasteiger partial charge in [-0.25, -0.2) is 5.43 Å². The molecule has 5 heteroatoms. The van der Waals surface area contributed by atoms with E-state index < -0.39 is 0 Å². The van der Waals surface area contributed by atoms with Crippen LogP contribution in [0.3, 0.4) is 0 Å². The highest BCUT2D eigenvalue weighted by molar-refractivity contribution is 9.10. The van der Waals surface area contributed by atoms with E-state index in [2.05, 4.69) is 38.6 Å². The van der Waals surface area contributed by atoms with Gasteiger partial charge in [-0.15, -0.1) is 0 Å². The van der Waals surface area contributed by atoms with E-state index in [0.29, 0.717) is 11.7 Å². The number of halogens is 1. The van der Waals surface area contributed by atoms with Crippen LogP contribution in [-0.4, -0.2) is 12.1 Å². The lowest BCUT2D eigenvalue weighted by Gasteiger charge is -1.99.